The molecule has 0 saturated carbocycles. The quantitative estimate of drug-likeness (QED) is 0.884. The van der Waals surface area contributed by atoms with E-state index in [9.17, 15) is 13.2 Å². The monoisotopic (exact) mass is 320 g/mol. The Morgan fingerprint density at radius 3 is 2.32 bits per heavy atom. The van der Waals surface area contributed by atoms with E-state index in [-0.39, 0.29) is 4.90 Å². The molecule has 0 bridgehead atoms. The molecule has 0 aliphatic heterocycles. The van der Waals surface area contributed by atoms with Gasteiger partial charge in [-0.1, -0.05) is 24.3 Å². The highest BCUT2D eigenvalue weighted by molar-refractivity contribution is 7.92. The molecule has 5 nitrogen and oxygen atoms in total. The van der Waals surface area contributed by atoms with E-state index in [1.165, 1.54) is 24.3 Å². The Morgan fingerprint density at radius 2 is 1.73 bits per heavy atom. The van der Waals surface area contributed by atoms with Crippen LogP contribution in [0.5, 0.6) is 5.75 Å². The number of sulfone groups is 1. The molecule has 0 atom stereocenters. The van der Waals surface area contributed by atoms with Crippen molar-refractivity contribution in [2.45, 2.75) is 18.4 Å². The molecule has 2 rings (SSSR count). The number of aryl methyl sites for hydroxylation is 1. The molecule has 0 radical (unpaired) electrons. The number of carbonyl (C=O) groups is 1. The molecular formula is C16H16O5S. The first-order chi connectivity index (χ1) is 10.4. The van der Waals surface area contributed by atoms with E-state index in [1.54, 1.807) is 0 Å². The molecule has 0 unspecified atom stereocenters. The SMILES string of the molecule is Cc1ccccc1COc1ccc(S(=O)(=O)CC(=O)O)cc1. The summed E-state index contributed by atoms with van der Waals surface area (Å²) in [6.07, 6.45) is 0. The Hall–Kier alpha value is -2.34. The smallest absolute Gasteiger partial charge is 0.319 e. The Labute approximate surface area is 129 Å². The van der Waals surface area contributed by atoms with Gasteiger partial charge in [-0.3, -0.25) is 4.79 Å². The van der Waals surface area contributed by atoms with Crippen molar-refractivity contribution in [1.29, 1.82) is 0 Å². The van der Waals surface area contributed by atoms with Crippen molar-refractivity contribution in [3.63, 3.8) is 0 Å². The first-order valence-electron chi connectivity index (χ1n) is 6.60. The predicted molar refractivity (Wildman–Crippen MR) is 81.6 cm³/mol. The van der Waals surface area contributed by atoms with Crippen LogP contribution in [0.3, 0.4) is 0 Å². The summed E-state index contributed by atoms with van der Waals surface area (Å²) in [5, 5.41) is 8.60. The summed E-state index contributed by atoms with van der Waals surface area (Å²) >= 11 is 0. The lowest BCUT2D eigenvalue weighted by Crippen LogP contribution is -2.15. The summed E-state index contributed by atoms with van der Waals surface area (Å²) in [5.74, 6) is -1.77. The van der Waals surface area contributed by atoms with Crippen LogP contribution in [-0.2, 0) is 21.2 Å². The summed E-state index contributed by atoms with van der Waals surface area (Å²) in [5.41, 5.74) is 2.16. The average molecular weight is 320 g/mol. The third-order valence-corrected chi connectivity index (χ3v) is 4.77. The van der Waals surface area contributed by atoms with Gasteiger partial charge in [-0.15, -0.1) is 0 Å². The highest BCUT2D eigenvalue weighted by atomic mass is 32.2. The van der Waals surface area contributed by atoms with Gasteiger partial charge < -0.3 is 9.84 Å². The van der Waals surface area contributed by atoms with Gasteiger partial charge in [0.1, 0.15) is 12.4 Å². The van der Waals surface area contributed by atoms with Gasteiger partial charge in [-0.25, -0.2) is 8.42 Å². The fourth-order valence-electron chi connectivity index (χ4n) is 1.92. The topological polar surface area (TPSA) is 80.7 Å². The van der Waals surface area contributed by atoms with Crippen LogP contribution in [0, 0.1) is 6.92 Å². The molecule has 0 saturated heterocycles. The average Bonchev–Trinajstić information content (AvgIpc) is 2.45. The Bertz CT molecular complexity index is 763. The number of hydrogen-bond acceptors (Lipinski definition) is 4. The van der Waals surface area contributed by atoms with Gasteiger partial charge in [-0.2, -0.15) is 0 Å². The molecule has 116 valence electrons. The standard InChI is InChI=1S/C16H16O5S/c1-12-4-2-3-5-13(12)10-21-14-6-8-15(9-7-14)22(19,20)11-16(17)18/h2-9H,10-11H2,1H3,(H,17,18). The van der Waals surface area contributed by atoms with Crippen molar-refractivity contribution in [3.8, 4) is 5.75 Å². The largest absolute Gasteiger partial charge is 0.489 e. The van der Waals surface area contributed by atoms with Gasteiger partial charge in [-0.05, 0) is 42.3 Å². The van der Waals surface area contributed by atoms with E-state index in [1.807, 2.05) is 31.2 Å². The fourth-order valence-corrected chi connectivity index (χ4v) is 2.96. The highest BCUT2D eigenvalue weighted by Gasteiger charge is 2.18. The maximum absolute atomic E-state index is 11.8. The van der Waals surface area contributed by atoms with Gasteiger partial charge in [0.05, 0.1) is 4.90 Å². The molecule has 1 N–H and O–H groups in total. The first kappa shape index (κ1) is 16.0. The fraction of sp³-hybridized carbons (Fsp3) is 0.188. The lowest BCUT2D eigenvalue weighted by atomic mass is 10.1. The summed E-state index contributed by atoms with van der Waals surface area (Å²) in [6, 6.07) is 13.6. The summed E-state index contributed by atoms with van der Waals surface area (Å²) in [6.45, 7) is 2.37. The van der Waals surface area contributed by atoms with Gasteiger partial charge in [0.25, 0.3) is 0 Å². The van der Waals surface area contributed by atoms with Crippen LogP contribution in [-0.4, -0.2) is 25.2 Å². The highest BCUT2D eigenvalue weighted by Crippen LogP contribution is 2.19. The summed E-state index contributed by atoms with van der Waals surface area (Å²) in [4.78, 5) is 10.5. The van der Waals surface area contributed by atoms with E-state index < -0.39 is 21.6 Å². The molecule has 0 aliphatic carbocycles. The molecule has 0 fully saturated rings. The second-order valence-electron chi connectivity index (χ2n) is 4.84. The third-order valence-electron chi connectivity index (χ3n) is 3.15. The summed E-state index contributed by atoms with van der Waals surface area (Å²) in [7, 11) is -3.81. The summed E-state index contributed by atoms with van der Waals surface area (Å²) < 4.78 is 29.1. The van der Waals surface area contributed by atoms with E-state index in [4.69, 9.17) is 9.84 Å². The number of rotatable bonds is 6. The lowest BCUT2D eigenvalue weighted by molar-refractivity contribution is -0.134. The van der Waals surface area contributed by atoms with Crippen molar-refractivity contribution in [3.05, 3.63) is 59.7 Å². The van der Waals surface area contributed by atoms with Crippen molar-refractivity contribution in [2.75, 3.05) is 5.75 Å². The van der Waals surface area contributed by atoms with Crippen molar-refractivity contribution >= 4 is 15.8 Å². The second kappa shape index (κ2) is 6.62. The minimum Gasteiger partial charge on any atom is -0.489 e. The molecule has 22 heavy (non-hydrogen) atoms. The number of carboxylic acid groups (broad SMARTS) is 1. The molecule has 0 spiro atoms. The van der Waals surface area contributed by atoms with Crippen LogP contribution in [0.1, 0.15) is 11.1 Å². The second-order valence-corrected chi connectivity index (χ2v) is 6.83. The van der Waals surface area contributed by atoms with Crippen LogP contribution in [0.4, 0.5) is 0 Å². The third kappa shape index (κ3) is 4.08. The van der Waals surface area contributed by atoms with E-state index in [0.29, 0.717) is 12.4 Å². The van der Waals surface area contributed by atoms with Gasteiger partial charge in [0.2, 0.25) is 0 Å². The van der Waals surface area contributed by atoms with Crippen molar-refractivity contribution in [1.82, 2.24) is 0 Å². The molecule has 0 amide bonds. The van der Waals surface area contributed by atoms with Crippen LogP contribution in [0.15, 0.2) is 53.4 Å². The van der Waals surface area contributed by atoms with E-state index in [0.717, 1.165) is 11.1 Å². The van der Waals surface area contributed by atoms with Crippen molar-refractivity contribution < 1.29 is 23.1 Å². The molecule has 2 aromatic carbocycles. The van der Waals surface area contributed by atoms with Gasteiger partial charge in [0.15, 0.2) is 15.6 Å². The number of ether oxygens (including phenoxy) is 1. The minimum absolute atomic E-state index is 0.0295. The molecule has 0 aromatic heterocycles. The van der Waals surface area contributed by atoms with E-state index in [2.05, 4.69) is 0 Å². The minimum atomic E-state index is -3.81. The van der Waals surface area contributed by atoms with Crippen LogP contribution in [0.2, 0.25) is 0 Å². The Morgan fingerprint density at radius 1 is 1.09 bits per heavy atom. The van der Waals surface area contributed by atoms with E-state index >= 15 is 0 Å². The zero-order valence-corrected chi connectivity index (χ0v) is 12.8. The van der Waals surface area contributed by atoms with Gasteiger partial charge >= 0.3 is 5.97 Å². The molecule has 2 aromatic rings. The molecule has 6 heteroatoms. The van der Waals surface area contributed by atoms with Crippen LogP contribution < -0.4 is 4.74 Å². The Kier molecular flexibility index (Phi) is 4.82. The molecule has 0 heterocycles. The van der Waals surface area contributed by atoms with Crippen LogP contribution >= 0.6 is 0 Å². The maximum atomic E-state index is 11.8. The lowest BCUT2D eigenvalue weighted by Gasteiger charge is -2.09. The zero-order valence-electron chi connectivity index (χ0n) is 12.0. The first-order valence-corrected chi connectivity index (χ1v) is 8.25. The number of hydrogen-bond donors (Lipinski definition) is 1. The number of aliphatic carboxylic acids is 1. The number of carboxylic acids is 1. The predicted octanol–water partition coefficient (Wildman–Crippen LogP) is 2.43. The molecular weight excluding hydrogens is 304 g/mol. The van der Waals surface area contributed by atoms with Gasteiger partial charge in [0, 0.05) is 0 Å². The maximum Gasteiger partial charge on any atom is 0.319 e. The van der Waals surface area contributed by atoms with Crippen LogP contribution in [0.25, 0.3) is 0 Å². The normalized spacial score (nSPS) is 11.1. The van der Waals surface area contributed by atoms with Crippen molar-refractivity contribution in [2.24, 2.45) is 0 Å². The zero-order chi connectivity index (χ0) is 16.2. The molecule has 0 aliphatic rings. The number of benzene rings is 2. The Balaban J connectivity index is 2.07.